The number of hydrogen-bond donors (Lipinski definition) is 1. The number of aromatic nitrogens is 2. The van der Waals surface area contributed by atoms with Gasteiger partial charge < -0.3 is 9.84 Å². The average molecular weight is 458 g/mol. The molecule has 7 nitrogen and oxygen atoms in total. The zero-order chi connectivity index (χ0) is 23.1. The first-order valence-corrected chi connectivity index (χ1v) is 11.0. The van der Waals surface area contributed by atoms with Crippen LogP contribution >= 0.6 is 11.3 Å². The van der Waals surface area contributed by atoms with Crippen molar-refractivity contribution in [1.29, 1.82) is 0 Å². The van der Waals surface area contributed by atoms with Gasteiger partial charge >= 0.3 is 5.91 Å². The van der Waals surface area contributed by atoms with Gasteiger partial charge in [-0.2, -0.15) is 0 Å². The van der Waals surface area contributed by atoms with Crippen molar-refractivity contribution >= 4 is 44.1 Å². The van der Waals surface area contributed by atoms with Crippen molar-refractivity contribution < 1.29 is 19.4 Å². The van der Waals surface area contributed by atoms with Crippen LogP contribution in [0.1, 0.15) is 22.7 Å². The topological polar surface area (TPSA) is 92.6 Å². The van der Waals surface area contributed by atoms with E-state index >= 15 is 0 Å². The number of anilines is 1. The number of ketones is 1. The van der Waals surface area contributed by atoms with Gasteiger partial charge in [0.25, 0.3) is 5.78 Å². The number of aliphatic hydroxyl groups excluding tert-OH is 1. The molecule has 1 amide bonds. The Kier molecular flexibility index (Phi) is 5.14. The van der Waals surface area contributed by atoms with E-state index in [-0.39, 0.29) is 11.3 Å². The number of methoxy groups -OCH3 is 1. The van der Waals surface area contributed by atoms with E-state index in [2.05, 4.69) is 9.97 Å². The van der Waals surface area contributed by atoms with Crippen LogP contribution in [0.25, 0.3) is 16.0 Å². The number of nitrogens with zero attached hydrogens (tertiary/aromatic N) is 3. The lowest BCUT2D eigenvalue weighted by molar-refractivity contribution is -0.132. The van der Waals surface area contributed by atoms with Gasteiger partial charge in [0.05, 0.1) is 28.9 Å². The van der Waals surface area contributed by atoms with Crippen LogP contribution < -0.4 is 9.64 Å². The summed E-state index contributed by atoms with van der Waals surface area (Å²) >= 11 is 1.28. The average Bonchev–Trinajstić information content (AvgIpc) is 3.37. The lowest BCUT2D eigenvalue weighted by Crippen LogP contribution is -2.29. The number of carbonyl (C=O) groups is 2. The minimum Gasteiger partial charge on any atom is -0.507 e. The van der Waals surface area contributed by atoms with Crippen molar-refractivity contribution in [2.24, 2.45) is 0 Å². The molecule has 0 radical (unpaired) electrons. The Balaban J connectivity index is 1.71. The van der Waals surface area contributed by atoms with Crippen LogP contribution in [0.5, 0.6) is 5.75 Å². The van der Waals surface area contributed by atoms with Crippen LogP contribution in [-0.4, -0.2) is 33.9 Å². The molecule has 2 aromatic heterocycles. The molecule has 2 aromatic carbocycles. The molecule has 8 heteroatoms. The fourth-order valence-electron chi connectivity index (χ4n) is 3.88. The maximum atomic E-state index is 13.2. The zero-order valence-corrected chi connectivity index (χ0v) is 18.7. The highest BCUT2D eigenvalue weighted by molar-refractivity contribution is 7.22. The summed E-state index contributed by atoms with van der Waals surface area (Å²) in [5.74, 6) is -1.05. The van der Waals surface area contributed by atoms with Gasteiger partial charge in [0.15, 0.2) is 5.13 Å². The number of hydrogen-bond acceptors (Lipinski definition) is 7. The molecule has 3 heterocycles. The first-order valence-electron chi connectivity index (χ1n) is 10.2. The van der Waals surface area contributed by atoms with Gasteiger partial charge in [0.1, 0.15) is 11.5 Å². The van der Waals surface area contributed by atoms with Crippen LogP contribution in [0.4, 0.5) is 5.13 Å². The Labute approximate surface area is 193 Å². The third-order valence-corrected chi connectivity index (χ3v) is 6.60. The van der Waals surface area contributed by atoms with E-state index in [4.69, 9.17) is 4.74 Å². The maximum Gasteiger partial charge on any atom is 0.301 e. The highest BCUT2D eigenvalue weighted by Crippen LogP contribution is 2.44. The molecular formula is C25H19N3O4S. The maximum absolute atomic E-state index is 13.2. The van der Waals surface area contributed by atoms with Crippen molar-refractivity contribution in [3.8, 4) is 5.75 Å². The highest BCUT2D eigenvalue weighted by atomic mass is 32.1. The van der Waals surface area contributed by atoms with Crippen LogP contribution in [0.3, 0.4) is 0 Å². The smallest absolute Gasteiger partial charge is 0.301 e. The second kappa shape index (κ2) is 8.14. The molecule has 1 aliphatic heterocycles. The standard InChI is InChI=1S/C25H19N3O4S/c1-14-3-5-16(6-4-14)22(29)20-21(15-9-11-26-12-10-15)28(24(31)23(20)30)25-27-18-8-7-17(32-2)13-19(18)33-25/h3-13,21,29H,1-2H3/b22-20+. The minimum atomic E-state index is -0.836. The SMILES string of the molecule is COc1ccc2nc(N3C(=O)C(=O)/C(=C(/O)c4ccc(C)cc4)C3c3ccncc3)sc2c1. The number of thiazole rings is 1. The molecule has 5 rings (SSSR count). The fraction of sp³-hybridized carbons (Fsp3) is 0.120. The Hall–Kier alpha value is -4.04. The molecule has 1 atom stereocenters. The summed E-state index contributed by atoms with van der Waals surface area (Å²) in [6.07, 6.45) is 3.18. The number of fused-ring (bicyclic) bond motifs is 1. The van der Waals surface area contributed by atoms with Gasteiger partial charge in [0, 0.05) is 18.0 Å². The van der Waals surface area contributed by atoms with Crippen LogP contribution in [0.15, 0.2) is 72.6 Å². The molecule has 1 fully saturated rings. The Morgan fingerprint density at radius 2 is 1.79 bits per heavy atom. The molecule has 0 spiro atoms. The van der Waals surface area contributed by atoms with E-state index in [0.717, 1.165) is 10.3 Å². The quantitative estimate of drug-likeness (QED) is 0.273. The predicted octanol–water partition coefficient (Wildman–Crippen LogP) is 4.63. The van der Waals surface area contributed by atoms with E-state index in [1.54, 1.807) is 55.9 Å². The molecule has 4 aromatic rings. The number of benzene rings is 2. The largest absolute Gasteiger partial charge is 0.507 e. The Bertz CT molecular complexity index is 1410. The van der Waals surface area contributed by atoms with Gasteiger partial charge in [-0.25, -0.2) is 4.98 Å². The van der Waals surface area contributed by atoms with E-state index in [1.165, 1.54) is 16.2 Å². The van der Waals surface area contributed by atoms with Gasteiger partial charge in [-0.15, -0.1) is 0 Å². The number of amides is 1. The molecule has 1 N–H and O–H groups in total. The molecule has 1 aliphatic rings. The molecule has 0 aliphatic carbocycles. The summed E-state index contributed by atoms with van der Waals surface area (Å²) in [5.41, 5.74) is 2.83. The molecule has 1 saturated heterocycles. The van der Waals surface area contributed by atoms with Crippen LogP contribution in [0, 0.1) is 6.92 Å². The minimum absolute atomic E-state index is 0.0203. The monoisotopic (exact) mass is 457 g/mol. The molecule has 164 valence electrons. The number of Topliss-reactive ketones (excluding diaryl/α,β-unsaturated/α-hetero) is 1. The summed E-state index contributed by atoms with van der Waals surface area (Å²) in [4.78, 5) is 36.5. The second-order valence-corrected chi connectivity index (χ2v) is 8.65. The van der Waals surface area contributed by atoms with E-state index in [1.807, 2.05) is 25.1 Å². The second-order valence-electron chi connectivity index (χ2n) is 7.65. The number of carbonyl (C=O) groups excluding carboxylic acids is 2. The molecule has 1 unspecified atom stereocenters. The van der Waals surface area contributed by atoms with E-state index < -0.39 is 17.7 Å². The zero-order valence-electron chi connectivity index (χ0n) is 17.9. The normalized spacial score (nSPS) is 17.6. The van der Waals surface area contributed by atoms with E-state index in [9.17, 15) is 14.7 Å². The van der Waals surface area contributed by atoms with Crippen molar-refractivity contribution in [3.05, 3.63) is 89.3 Å². The summed E-state index contributed by atoms with van der Waals surface area (Å²) in [5, 5.41) is 11.5. The number of rotatable bonds is 4. The number of aliphatic hydroxyl groups is 1. The van der Waals surface area contributed by atoms with Crippen molar-refractivity contribution in [3.63, 3.8) is 0 Å². The summed E-state index contributed by atoms with van der Waals surface area (Å²) in [7, 11) is 1.58. The predicted molar refractivity (Wildman–Crippen MR) is 126 cm³/mol. The lowest BCUT2D eigenvalue weighted by atomic mass is 9.96. The molecule has 0 saturated carbocycles. The van der Waals surface area contributed by atoms with Gasteiger partial charge in [-0.3, -0.25) is 19.5 Å². The lowest BCUT2D eigenvalue weighted by Gasteiger charge is -2.22. The van der Waals surface area contributed by atoms with Crippen molar-refractivity contribution in [2.75, 3.05) is 12.0 Å². The molecular weight excluding hydrogens is 438 g/mol. The van der Waals surface area contributed by atoms with Crippen LogP contribution in [-0.2, 0) is 9.59 Å². The third-order valence-electron chi connectivity index (χ3n) is 5.58. The van der Waals surface area contributed by atoms with Gasteiger partial charge in [-0.1, -0.05) is 41.2 Å². The summed E-state index contributed by atoms with van der Waals surface area (Å²) < 4.78 is 6.11. The van der Waals surface area contributed by atoms with Gasteiger partial charge in [-0.05, 0) is 42.8 Å². The van der Waals surface area contributed by atoms with Gasteiger partial charge in [0.2, 0.25) is 0 Å². The van der Waals surface area contributed by atoms with Crippen LogP contribution in [0.2, 0.25) is 0 Å². The number of ether oxygens (including phenoxy) is 1. The van der Waals surface area contributed by atoms with E-state index in [0.29, 0.717) is 27.5 Å². The highest BCUT2D eigenvalue weighted by Gasteiger charge is 2.48. The summed E-state index contributed by atoms with van der Waals surface area (Å²) in [6, 6.07) is 15.2. The fourth-order valence-corrected chi connectivity index (χ4v) is 4.90. The Morgan fingerprint density at radius 3 is 2.48 bits per heavy atom. The first kappa shape index (κ1) is 20.8. The molecule has 33 heavy (non-hydrogen) atoms. The van der Waals surface area contributed by atoms with Crippen molar-refractivity contribution in [2.45, 2.75) is 13.0 Å². The summed E-state index contributed by atoms with van der Waals surface area (Å²) in [6.45, 7) is 1.93. The number of aryl methyl sites for hydroxylation is 1. The van der Waals surface area contributed by atoms with Crippen molar-refractivity contribution in [1.82, 2.24) is 9.97 Å². The number of pyridine rings is 1. The third kappa shape index (κ3) is 3.54. The molecule has 0 bridgehead atoms. The Morgan fingerprint density at radius 1 is 1.06 bits per heavy atom. The first-order chi connectivity index (χ1) is 16.0.